The minimum atomic E-state index is -3.81. The third-order valence-corrected chi connectivity index (χ3v) is 6.42. The van der Waals surface area contributed by atoms with Crippen molar-refractivity contribution in [3.63, 3.8) is 0 Å². The fourth-order valence-electron chi connectivity index (χ4n) is 2.44. The first-order valence-electron chi connectivity index (χ1n) is 6.61. The van der Waals surface area contributed by atoms with Crippen LogP contribution in [0.5, 0.6) is 0 Å². The average molecular weight is 365 g/mol. The van der Waals surface area contributed by atoms with Gasteiger partial charge in [0.25, 0.3) is 0 Å². The highest BCUT2D eigenvalue weighted by atomic mass is 79.9. The van der Waals surface area contributed by atoms with Gasteiger partial charge >= 0.3 is 0 Å². The lowest BCUT2D eigenvalue weighted by molar-refractivity contribution is 0.268. The van der Waals surface area contributed by atoms with E-state index in [2.05, 4.69) is 22.9 Å². The van der Waals surface area contributed by atoms with Crippen LogP contribution >= 0.6 is 15.9 Å². The molecule has 0 spiro atoms. The molecule has 2 rings (SSSR count). The number of nitrogens with two attached hydrogens (primary N) is 1. The maximum atomic E-state index is 13.9. The molecule has 1 aromatic rings. The quantitative estimate of drug-likeness (QED) is 0.838. The van der Waals surface area contributed by atoms with E-state index in [0.717, 1.165) is 25.3 Å². The molecule has 4 nitrogen and oxygen atoms in total. The van der Waals surface area contributed by atoms with E-state index < -0.39 is 15.8 Å². The standard InChI is InChI=1S/C13H18BrFN2O2S/c1-2-9-3-5-17(6-4-9)20(18,19)13-8-12(16)10(14)7-11(13)15/h7-9H,2-6,16H2,1H3. The molecule has 1 aliphatic rings. The smallest absolute Gasteiger partial charge is 0.246 e. The molecule has 1 aromatic carbocycles. The van der Waals surface area contributed by atoms with Crippen molar-refractivity contribution in [1.82, 2.24) is 4.31 Å². The molecule has 0 bridgehead atoms. The molecule has 112 valence electrons. The van der Waals surface area contributed by atoms with Crippen molar-refractivity contribution in [2.45, 2.75) is 31.1 Å². The molecule has 0 amide bonds. The number of anilines is 1. The van der Waals surface area contributed by atoms with Crippen LogP contribution < -0.4 is 5.73 Å². The SMILES string of the molecule is CCC1CCN(S(=O)(=O)c2cc(N)c(Br)cc2F)CC1. The van der Waals surface area contributed by atoms with E-state index in [4.69, 9.17) is 5.73 Å². The number of halogens is 2. The van der Waals surface area contributed by atoms with Gasteiger partial charge in [-0.1, -0.05) is 13.3 Å². The van der Waals surface area contributed by atoms with Crippen LogP contribution in [0.3, 0.4) is 0 Å². The minimum Gasteiger partial charge on any atom is -0.398 e. The topological polar surface area (TPSA) is 63.4 Å². The van der Waals surface area contributed by atoms with Gasteiger partial charge in [0, 0.05) is 23.2 Å². The molecule has 0 radical (unpaired) electrons. The van der Waals surface area contributed by atoms with Crippen LogP contribution in [0.15, 0.2) is 21.5 Å². The highest BCUT2D eigenvalue weighted by Crippen LogP contribution is 2.30. The second kappa shape index (κ2) is 5.99. The van der Waals surface area contributed by atoms with Gasteiger partial charge in [-0.15, -0.1) is 0 Å². The van der Waals surface area contributed by atoms with Crippen LogP contribution in [0.2, 0.25) is 0 Å². The van der Waals surface area contributed by atoms with Crippen molar-refractivity contribution in [3.05, 3.63) is 22.4 Å². The number of benzene rings is 1. The van der Waals surface area contributed by atoms with Crippen molar-refractivity contribution in [3.8, 4) is 0 Å². The van der Waals surface area contributed by atoms with E-state index in [1.54, 1.807) is 0 Å². The molecule has 2 N–H and O–H groups in total. The lowest BCUT2D eigenvalue weighted by Crippen LogP contribution is -2.38. The van der Waals surface area contributed by atoms with Crippen LogP contribution in [-0.4, -0.2) is 25.8 Å². The van der Waals surface area contributed by atoms with Crippen molar-refractivity contribution in [2.24, 2.45) is 5.92 Å². The molecule has 0 aliphatic carbocycles. The van der Waals surface area contributed by atoms with Crippen LogP contribution in [-0.2, 0) is 10.0 Å². The Labute approximate surface area is 127 Å². The lowest BCUT2D eigenvalue weighted by atomic mass is 9.96. The first kappa shape index (κ1) is 15.7. The molecule has 1 aliphatic heterocycles. The molecule has 20 heavy (non-hydrogen) atoms. The highest BCUT2D eigenvalue weighted by molar-refractivity contribution is 9.10. The number of nitrogen functional groups attached to an aromatic ring is 1. The maximum absolute atomic E-state index is 13.9. The van der Waals surface area contributed by atoms with Gasteiger partial charge in [-0.2, -0.15) is 4.31 Å². The summed E-state index contributed by atoms with van der Waals surface area (Å²) in [6.45, 7) is 2.98. The summed E-state index contributed by atoms with van der Waals surface area (Å²) in [6.07, 6.45) is 2.69. The minimum absolute atomic E-state index is 0.216. The molecular formula is C13H18BrFN2O2S. The first-order valence-corrected chi connectivity index (χ1v) is 8.84. The van der Waals surface area contributed by atoms with Gasteiger partial charge in [0.1, 0.15) is 10.7 Å². The van der Waals surface area contributed by atoms with Crippen molar-refractivity contribution in [1.29, 1.82) is 0 Å². The third-order valence-electron chi connectivity index (χ3n) is 3.82. The van der Waals surface area contributed by atoms with Crippen LogP contribution in [0.25, 0.3) is 0 Å². The normalized spacial score (nSPS) is 18.4. The zero-order valence-corrected chi connectivity index (χ0v) is 13.7. The predicted octanol–water partition coefficient (Wildman–Crippen LogP) is 2.98. The number of nitrogens with zero attached hydrogens (tertiary/aromatic N) is 1. The van der Waals surface area contributed by atoms with E-state index >= 15 is 0 Å². The number of hydrogen-bond acceptors (Lipinski definition) is 3. The molecule has 0 unspecified atom stereocenters. The van der Waals surface area contributed by atoms with Gasteiger partial charge in [0.05, 0.1) is 0 Å². The summed E-state index contributed by atoms with van der Waals surface area (Å²) in [4.78, 5) is -0.340. The van der Waals surface area contributed by atoms with Crippen LogP contribution in [0.4, 0.5) is 10.1 Å². The summed E-state index contributed by atoms with van der Waals surface area (Å²) >= 11 is 3.09. The van der Waals surface area contributed by atoms with Gasteiger partial charge in [0.2, 0.25) is 10.0 Å². The fraction of sp³-hybridized carbons (Fsp3) is 0.538. The van der Waals surface area contributed by atoms with E-state index in [1.807, 2.05) is 0 Å². The predicted molar refractivity (Wildman–Crippen MR) is 80.3 cm³/mol. The van der Waals surface area contributed by atoms with Gasteiger partial charge in [-0.3, -0.25) is 0 Å². The molecule has 0 aromatic heterocycles. The van der Waals surface area contributed by atoms with Crippen molar-refractivity contribution in [2.75, 3.05) is 18.8 Å². The third kappa shape index (κ3) is 2.99. The zero-order valence-electron chi connectivity index (χ0n) is 11.3. The molecule has 0 atom stereocenters. The fourth-order valence-corrected chi connectivity index (χ4v) is 4.31. The van der Waals surface area contributed by atoms with Gasteiger partial charge in [0.15, 0.2) is 0 Å². The summed E-state index contributed by atoms with van der Waals surface area (Å²) in [5.74, 6) is -0.218. The van der Waals surface area contributed by atoms with E-state index in [-0.39, 0.29) is 10.6 Å². The molecule has 1 saturated heterocycles. The Morgan fingerprint density at radius 1 is 1.40 bits per heavy atom. The van der Waals surface area contributed by atoms with Gasteiger partial charge in [-0.25, -0.2) is 12.8 Å². The first-order chi connectivity index (χ1) is 9.36. The second-order valence-corrected chi connectivity index (χ2v) is 7.82. The molecule has 7 heteroatoms. The van der Waals surface area contributed by atoms with Crippen molar-refractivity contribution >= 4 is 31.6 Å². The monoisotopic (exact) mass is 364 g/mol. The summed E-state index contributed by atoms with van der Waals surface area (Å²) in [6, 6.07) is 2.28. The van der Waals surface area contributed by atoms with Gasteiger partial charge < -0.3 is 5.73 Å². The zero-order chi connectivity index (χ0) is 14.9. The highest BCUT2D eigenvalue weighted by Gasteiger charge is 2.31. The van der Waals surface area contributed by atoms with E-state index in [9.17, 15) is 12.8 Å². The molecule has 1 fully saturated rings. The Morgan fingerprint density at radius 3 is 2.55 bits per heavy atom. The Kier molecular flexibility index (Phi) is 4.71. The lowest BCUT2D eigenvalue weighted by Gasteiger charge is -2.30. The largest absolute Gasteiger partial charge is 0.398 e. The average Bonchev–Trinajstić information content (AvgIpc) is 2.42. The van der Waals surface area contributed by atoms with Crippen LogP contribution in [0.1, 0.15) is 26.2 Å². The maximum Gasteiger partial charge on any atom is 0.246 e. The molecule has 0 saturated carbocycles. The Morgan fingerprint density at radius 2 is 2.00 bits per heavy atom. The van der Waals surface area contributed by atoms with Crippen LogP contribution in [0, 0.1) is 11.7 Å². The van der Waals surface area contributed by atoms with Gasteiger partial charge in [-0.05, 0) is 46.8 Å². The number of sulfonamides is 1. The van der Waals surface area contributed by atoms with Crippen molar-refractivity contribution < 1.29 is 12.8 Å². The summed E-state index contributed by atoms with van der Waals surface area (Å²) in [5, 5.41) is 0. The second-order valence-electron chi connectivity index (χ2n) is 5.06. The Bertz CT molecular complexity index is 599. The van der Waals surface area contributed by atoms with E-state index in [1.165, 1.54) is 10.4 Å². The molecule has 1 heterocycles. The Balaban J connectivity index is 2.30. The number of rotatable bonds is 3. The number of hydrogen-bond donors (Lipinski definition) is 1. The van der Waals surface area contributed by atoms with E-state index in [0.29, 0.717) is 23.5 Å². The number of piperidine rings is 1. The summed E-state index contributed by atoms with van der Waals surface area (Å²) < 4.78 is 40.6. The Hall–Kier alpha value is -0.660. The summed E-state index contributed by atoms with van der Waals surface area (Å²) in [5.41, 5.74) is 5.88. The molecular weight excluding hydrogens is 347 g/mol. The summed E-state index contributed by atoms with van der Waals surface area (Å²) in [7, 11) is -3.81.